The molecular weight excluding hydrogens is 340 g/mol. The van der Waals surface area contributed by atoms with Crippen LogP contribution in [0.25, 0.3) is 0 Å². The van der Waals surface area contributed by atoms with Gasteiger partial charge in [0, 0.05) is 38.7 Å². The average Bonchev–Trinajstić information content (AvgIpc) is 2.72. The molecule has 1 aliphatic rings. The molecule has 6 nitrogen and oxygen atoms in total. The van der Waals surface area contributed by atoms with Crippen molar-refractivity contribution in [2.24, 2.45) is 5.10 Å². The van der Waals surface area contributed by atoms with Gasteiger partial charge in [-0.15, -0.1) is 0 Å². The van der Waals surface area contributed by atoms with Crippen molar-refractivity contribution in [2.75, 3.05) is 30.0 Å². The van der Waals surface area contributed by atoms with Gasteiger partial charge in [-0.2, -0.15) is 5.10 Å². The van der Waals surface area contributed by atoms with Crippen LogP contribution in [0.1, 0.15) is 19.3 Å². The van der Waals surface area contributed by atoms with E-state index < -0.39 is 0 Å². The molecule has 0 spiro atoms. The number of carbonyl (C=O) groups is 2. The fourth-order valence-corrected chi connectivity index (χ4v) is 2.92. The van der Waals surface area contributed by atoms with E-state index in [4.69, 9.17) is 0 Å². The number of hydrazone groups is 1. The maximum Gasteiger partial charge on any atom is 0.267 e. The zero-order chi connectivity index (χ0) is 19.1. The Morgan fingerprint density at radius 1 is 1.07 bits per heavy atom. The highest BCUT2D eigenvalue weighted by Crippen LogP contribution is 2.19. The first-order valence-electron chi connectivity index (χ1n) is 9.15. The van der Waals surface area contributed by atoms with E-state index in [-0.39, 0.29) is 18.2 Å². The van der Waals surface area contributed by atoms with Crippen LogP contribution in [0.15, 0.2) is 65.8 Å². The molecular formula is C21H24N4O2. The predicted molar refractivity (Wildman–Crippen MR) is 108 cm³/mol. The summed E-state index contributed by atoms with van der Waals surface area (Å²) in [7, 11) is 2.03. The zero-order valence-electron chi connectivity index (χ0n) is 15.5. The lowest BCUT2D eigenvalue weighted by molar-refractivity contribution is -0.118. The van der Waals surface area contributed by atoms with E-state index >= 15 is 0 Å². The number of nitrogens with one attached hydrogen (secondary N) is 1. The summed E-state index contributed by atoms with van der Waals surface area (Å²) < 4.78 is 0. The number of para-hydroxylation sites is 2. The Balaban J connectivity index is 1.51. The largest absolute Gasteiger partial charge is 0.375 e. The molecule has 1 aliphatic heterocycles. The monoisotopic (exact) mass is 364 g/mol. The molecule has 0 aromatic heterocycles. The van der Waals surface area contributed by atoms with Gasteiger partial charge in [-0.1, -0.05) is 36.4 Å². The smallest absolute Gasteiger partial charge is 0.267 e. The Labute approximate surface area is 159 Å². The molecule has 0 fully saturated rings. The molecule has 6 heteroatoms. The lowest BCUT2D eigenvalue weighted by atomic mass is 10.1. The number of anilines is 2. The molecule has 140 valence electrons. The summed E-state index contributed by atoms with van der Waals surface area (Å²) in [5, 5.41) is 8.51. The lowest BCUT2D eigenvalue weighted by Gasteiger charge is -2.23. The topological polar surface area (TPSA) is 65.0 Å². The summed E-state index contributed by atoms with van der Waals surface area (Å²) in [5.41, 5.74) is 2.23. The predicted octanol–water partition coefficient (Wildman–Crippen LogP) is 2.81. The van der Waals surface area contributed by atoms with Crippen molar-refractivity contribution >= 4 is 28.9 Å². The second-order valence-corrected chi connectivity index (χ2v) is 6.45. The van der Waals surface area contributed by atoms with Gasteiger partial charge >= 0.3 is 0 Å². The number of rotatable bonds is 7. The fourth-order valence-electron chi connectivity index (χ4n) is 2.92. The van der Waals surface area contributed by atoms with E-state index in [1.807, 2.05) is 55.6 Å². The SMILES string of the molecule is CN(CCCNC(=O)C1=NN(c2ccccc2)C(=O)CC1)c1ccccc1. The lowest BCUT2D eigenvalue weighted by Crippen LogP contribution is -2.39. The number of benzene rings is 2. The molecule has 2 amide bonds. The molecule has 0 atom stereocenters. The maximum atomic E-state index is 12.4. The van der Waals surface area contributed by atoms with E-state index in [1.54, 1.807) is 0 Å². The van der Waals surface area contributed by atoms with Crippen molar-refractivity contribution in [2.45, 2.75) is 19.3 Å². The quantitative estimate of drug-likeness (QED) is 0.769. The van der Waals surface area contributed by atoms with Gasteiger partial charge in [-0.3, -0.25) is 9.59 Å². The van der Waals surface area contributed by atoms with Crippen LogP contribution in [0.3, 0.4) is 0 Å². The Morgan fingerprint density at radius 3 is 2.44 bits per heavy atom. The van der Waals surface area contributed by atoms with E-state index in [0.717, 1.165) is 18.7 Å². The molecule has 2 aromatic rings. The molecule has 1 N–H and O–H groups in total. The molecule has 3 rings (SSSR count). The highest BCUT2D eigenvalue weighted by Gasteiger charge is 2.25. The Kier molecular flexibility index (Phi) is 6.20. The first kappa shape index (κ1) is 18.6. The Hall–Kier alpha value is -3.15. The van der Waals surface area contributed by atoms with Crippen LogP contribution >= 0.6 is 0 Å². The molecule has 2 aromatic carbocycles. The summed E-state index contributed by atoms with van der Waals surface area (Å²) in [6.07, 6.45) is 1.49. The van der Waals surface area contributed by atoms with Gasteiger partial charge in [-0.05, 0) is 30.7 Å². The first-order valence-corrected chi connectivity index (χ1v) is 9.15. The van der Waals surface area contributed by atoms with Gasteiger partial charge in [0.1, 0.15) is 5.71 Å². The van der Waals surface area contributed by atoms with Crippen LogP contribution in [0.4, 0.5) is 11.4 Å². The minimum Gasteiger partial charge on any atom is -0.375 e. The van der Waals surface area contributed by atoms with Crippen molar-refractivity contribution in [3.63, 3.8) is 0 Å². The van der Waals surface area contributed by atoms with Gasteiger partial charge in [0.05, 0.1) is 5.69 Å². The van der Waals surface area contributed by atoms with E-state index in [2.05, 4.69) is 27.5 Å². The van der Waals surface area contributed by atoms with Gasteiger partial charge < -0.3 is 10.2 Å². The minimum absolute atomic E-state index is 0.0952. The standard InChI is InChI=1S/C21H24N4O2/c1-24(17-9-4-2-5-10-17)16-8-15-22-21(27)19-13-14-20(26)25(23-19)18-11-6-3-7-12-18/h2-7,9-12H,8,13-16H2,1H3,(H,22,27). The molecule has 0 aliphatic carbocycles. The molecule has 0 bridgehead atoms. The van der Waals surface area contributed by atoms with Crippen LogP contribution in [-0.2, 0) is 9.59 Å². The van der Waals surface area contributed by atoms with Crippen molar-refractivity contribution in [1.29, 1.82) is 0 Å². The van der Waals surface area contributed by atoms with Gasteiger partial charge in [0.25, 0.3) is 5.91 Å². The van der Waals surface area contributed by atoms with Crippen LogP contribution in [0.5, 0.6) is 0 Å². The van der Waals surface area contributed by atoms with Crippen molar-refractivity contribution in [3.8, 4) is 0 Å². The van der Waals surface area contributed by atoms with Gasteiger partial charge in [0.2, 0.25) is 5.91 Å². The molecule has 27 heavy (non-hydrogen) atoms. The summed E-state index contributed by atoms with van der Waals surface area (Å²) in [6, 6.07) is 19.3. The molecule has 0 unspecified atom stereocenters. The molecule has 0 radical (unpaired) electrons. The second-order valence-electron chi connectivity index (χ2n) is 6.45. The summed E-state index contributed by atoms with van der Waals surface area (Å²) in [6.45, 7) is 1.40. The van der Waals surface area contributed by atoms with Gasteiger partial charge in [0.15, 0.2) is 0 Å². The van der Waals surface area contributed by atoms with E-state index in [1.165, 1.54) is 5.01 Å². The number of hydrogen-bond donors (Lipinski definition) is 1. The molecule has 1 heterocycles. The fraction of sp³-hybridized carbons (Fsp3) is 0.286. The Bertz CT molecular complexity index is 805. The summed E-state index contributed by atoms with van der Waals surface area (Å²) in [4.78, 5) is 26.7. The average molecular weight is 364 g/mol. The van der Waals surface area contributed by atoms with Crippen molar-refractivity contribution in [3.05, 3.63) is 60.7 Å². The maximum absolute atomic E-state index is 12.4. The highest BCUT2D eigenvalue weighted by atomic mass is 16.2. The minimum atomic E-state index is -0.203. The van der Waals surface area contributed by atoms with E-state index in [0.29, 0.717) is 24.4 Å². The van der Waals surface area contributed by atoms with E-state index in [9.17, 15) is 9.59 Å². The van der Waals surface area contributed by atoms with Crippen LogP contribution < -0.4 is 15.2 Å². The number of carbonyl (C=O) groups excluding carboxylic acids is 2. The summed E-state index contributed by atoms with van der Waals surface area (Å²) >= 11 is 0. The highest BCUT2D eigenvalue weighted by molar-refractivity contribution is 6.40. The zero-order valence-corrected chi connectivity index (χ0v) is 15.5. The van der Waals surface area contributed by atoms with Crippen molar-refractivity contribution in [1.82, 2.24) is 5.32 Å². The summed E-state index contributed by atoms with van der Waals surface area (Å²) in [5.74, 6) is -0.298. The van der Waals surface area contributed by atoms with Crippen LogP contribution in [0.2, 0.25) is 0 Å². The van der Waals surface area contributed by atoms with Crippen LogP contribution in [-0.4, -0.2) is 37.7 Å². The Morgan fingerprint density at radius 2 is 1.74 bits per heavy atom. The number of amides is 2. The number of hydrogen-bond acceptors (Lipinski definition) is 4. The third-order valence-corrected chi connectivity index (χ3v) is 4.45. The molecule has 0 saturated carbocycles. The van der Waals surface area contributed by atoms with Crippen LogP contribution in [0, 0.1) is 0 Å². The normalized spacial score (nSPS) is 13.9. The first-order chi connectivity index (χ1) is 13.1. The third kappa shape index (κ3) is 4.94. The third-order valence-electron chi connectivity index (χ3n) is 4.45. The number of nitrogens with zero attached hydrogens (tertiary/aromatic N) is 3. The van der Waals surface area contributed by atoms with Crippen molar-refractivity contribution < 1.29 is 9.59 Å². The second kappa shape index (κ2) is 8.98. The molecule has 0 saturated heterocycles. The van der Waals surface area contributed by atoms with Gasteiger partial charge in [-0.25, -0.2) is 5.01 Å².